The first-order valence-electron chi connectivity index (χ1n) is 12.7. The normalized spacial score (nSPS) is 22.3. The number of benzene rings is 3. The van der Waals surface area contributed by atoms with E-state index in [1.165, 1.54) is 36.4 Å². The van der Waals surface area contributed by atoms with E-state index in [4.69, 9.17) is 28.9 Å². The zero-order valence-corrected chi connectivity index (χ0v) is 23.9. The van der Waals surface area contributed by atoms with Gasteiger partial charge in [0.2, 0.25) is 5.91 Å². The fourth-order valence-corrected chi connectivity index (χ4v) is 5.91. The van der Waals surface area contributed by atoms with E-state index in [0.717, 1.165) is 18.2 Å². The topological polar surface area (TPSA) is 108 Å². The van der Waals surface area contributed by atoms with Gasteiger partial charge in [0, 0.05) is 28.2 Å². The molecule has 0 radical (unpaired) electrons. The zero-order valence-electron chi connectivity index (χ0n) is 22.4. The van der Waals surface area contributed by atoms with Gasteiger partial charge in [-0.05, 0) is 53.8 Å². The third-order valence-electron chi connectivity index (χ3n) is 7.23. The van der Waals surface area contributed by atoms with Crippen molar-refractivity contribution in [3.8, 4) is 6.07 Å². The van der Waals surface area contributed by atoms with E-state index in [0.29, 0.717) is 0 Å². The number of nitrogens with one attached hydrogen (secondary N) is 2. The van der Waals surface area contributed by atoms with Crippen LogP contribution in [0.15, 0.2) is 54.6 Å². The van der Waals surface area contributed by atoms with Crippen molar-refractivity contribution in [2.24, 2.45) is 11.1 Å². The summed E-state index contributed by atoms with van der Waals surface area (Å²) in [5.74, 6) is -5.62. The van der Waals surface area contributed by atoms with E-state index in [2.05, 4.69) is 16.7 Å². The van der Waals surface area contributed by atoms with E-state index in [9.17, 15) is 19.2 Å². The Morgan fingerprint density at radius 3 is 2.37 bits per heavy atom. The molecule has 6 nitrogen and oxygen atoms in total. The third kappa shape index (κ3) is 5.78. The average Bonchev–Trinajstić information content (AvgIpc) is 3.18. The predicted molar refractivity (Wildman–Crippen MR) is 151 cm³/mol. The van der Waals surface area contributed by atoms with Crippen molar-refractivity contribution in [1.82, 2.24) is 5.32 Å². The van der Waals surface area contributed by atoms with Crippen LogP contribution in [-0.4, -0.2) is 23.9 Å². The summed E-state index contributed by atoms with van der Waals surface area (Å²) in [4.78, 5) is 25.3. The Balaban J connectivity index is 1.93. The van der Waals surface area contributed by atoms with Gasteiger partial charge in [-0.25, -0.2) is 13.2 Å². The zero-order chi connectivity index (χ0) is 30.3. The van der Waals surface area contributed by atoms with Gasteiger partial charge >= 0.3 is 0 Å². The van der Waals surface area contributed by atoms with Crippen LogP contribution in [0.1, 0.15) is 54.6 Å². The SMILES string of the molecule is CC(C)(C)CC1NC(C(=O)Nc2ccc(C(N)=O)c(F)c2)C(c2cccc(Cl)c2F)C1(C#N)c1ccc(Cl)cc1F. The molecule has 214 valence electrons. The van der Waals surface area contributed by atoms with Crippen LogP contribution in [0.3, 0.4) is 0 Å². The Morgan fingerprint density at radius 1 is 1.07 bits per heavy atom. The number of nitrogens with two attached hydrogens (primary N) is 1. The summed E-state index contributed by atoms with van der Waals surface area (Å²) in [6.07, 6.45) is 0.285. The molecule has 2 amide bonds. The first-order chi connectivity index (χ1) is 19.2. The number of rotatable bonds is 6. The monoisotopic (exact) mass is 602 g/mol. The minimum Gasteiger partial charge on any atom is -0.366 e. The van der Waals surface area contributed by atoms with Crippen LogP contribution in [-0.2, 0) is 10.2 Å². The lowest BCUT2D eigenvalue weighted by Crippen LogP contribution is -2.45. The lowest BCUT2D eigenvalue weighted by molar-refractivity contribution is -0.118. The Bertz CT molecular complexity index is 1570. The molecule has 3 aromatic rings. The number of amides is 2. The summed E-state index contributed by atoms with van der Waals surface area (Å²) in [6, 6.07) is 11.5. The largest absolute Gasteiger partial charge is 0.366 e. The molecule has 1 saturated heterocycles. The molecule has 1 aliphatic heterocycles. The molecule has 3 aromatic carbocycles. The summed E-state index contributed by atoms with van der Waals surface area (Å²) < 4.78 is 45.8. The number of nitrogens with zero attached hydrogens (tertiary/aromatic N) is 1. The number of hydrogen-bond acceptors (Lipinski definition) is 4. The summed E-state index contributed by atoms with van der Waals surface area (Å²) in [5.41, 5.74) is 2.42. The van der Waals surface area contributed by atoms with Gasteiger partial charge in [-0.2, -0.15) is 5.26 Å². The fourth-order valence-electron chi connectivity index (χ4n) is 5.57. The molecule has 41 heavy (non-hydrogen) atoms. The Hall–Kier alpha value is -3.58. The van der Waals surface area contributed by atoms with Crippen molar-refractivity contribution in [1.29, 1.82) is 5.26 Å². The van der Waals surface area contributed by atoms with Crippen LogP contribution in [0.4, 0.5) is 18.9 Å². The smallest absolute Gasteiger partial charge is 0.251 e. The molecule has 0 bridgehead atoms. The maximum Gasteiger partial charge on any atom is 0.251 e. The molecule has 1 heterocycles. The first kappa shape index (κ1) is 30.4. The van der Waals surface area contributed by atoms with Gasteiger partial charge in [-0.3, -0.25) is 9.59 Å². The minimum absolute atomic E-state index is 0.0101. The van der Waals surface area contributed by atoms with Crippen LogP contribution < -0.4 is 16.4 Å². The number of nitriles is 1. The van der Waals surface area contributed by atoms with Gasteiger partial charge in [0.05, 0.1) is 22.7 Å². The van der Waals surface area contributed by atoms with Gasteiger partial charge in [-0.1, -0.05) is 62.2 Å². The highest BCUT2D eigenvalue weighted by atomic mass is 35.5. The second-order valence-corrected chi connectivity index (χ2v) is 12.1. The third-order valence-corrected chi connectivity index (χ3v) is 7.76. The Morgan fingerprint density at radius 2 is 1.78 bits per heavy atom. The average molecular weight is 603 g/mol. The quantitative estimate of drug-likeness (QED) is 0.300. The van der Waals surface area contributed by atoms with Crippen LogP contribution in [0.5, 0.6) is 0 Å². The molecule has 0 spiro atoms. The minimum atomic E-state index is -1.81. The number of halogens is 5. The van der Waals surface area contributed by atoms with Gasteiger partial charge in [0.15, 0.2) is 0 Å². The molecule has 1 fully saturated rings. The van der Waals surface area contributed by atoms with E-state index in [-0.39, 0.29) is 38.8 Å². The highest BCUT2D eigenvalue weighted by Gasteiger charge is 2.61. The van der Waals surface area contributed by atoms with Crippen LogP contribution >= 0.6 is 23.2 Å². The summed E-state index contributed by atoms with van der Waals surface area (Å²) in [6.45, 7) is 5.75. The standard InChI is InChI=1S/C30H27Cl2F3N4O2/c1-29(2,3)13-23-30(14-36,19-10-7-15(31)11-22(19)34)24(18-5-4-6-20(32)25(18)35)26(39-23)28(41)38-16-8-9-17(27(37)40)21(33)12-16/h4-12,23-24,26,39H,13H2,1-3H3,(H2,37,40)(H,38,41). The highest BCUT2D eigenvalue weighted by molar-refractivity contribution is 6.31. The number of carbonyl (C=O) groups excluding carboxylic acids is 2. The molecule has 11 heteroatoms. The predicted octanol–water partition coefficient (Wildman–Crippen LogP) is 6.47. The van der Waals surface area contributed by atoms with Crippen molar-refractivity contribution < 1.29 is 22.8 Å². The molecule has 0 aromatic heterocycles. The molecular weight excluding hydrogens is 576 g/mol. The molecule has 0 aliphatic carbocycles. The fraction of sp³-hybridized carbons (Fsp3) is 0.300. The highest BCUT2D eigenvalue weighted by Crippen LogP contribution is 2.52. The second-order valence-electron chi connectivity index (χ2n) is 11.2. The lowest BCUT2D eigenvalue weighted by atomic mass is 9.62. The van der Waals surface area contributed by atoms with Gasteiger partial charge in [-0.15, -0.1) is 0 Å². The first-order valence-corrected chi connectivity index (χ1v) is 13.4. The van der Waals surface area contributed by atoms with Crippen molar-refractivity contribution in [2.45, 2.75) is 50.6 Å². The second kappa shape index (κ2) is 11.4. The number of anilines is 1. The Labute approximate surface area is 245 Å². The van der Waals surface area contributed by atoms with Crippen LogP contribution in [0, 0.1) is 34.2 Å². The molecular formula is C30H27Cl2F3N4O2. The number of primary amides is 1. The number of hydrogen-bond donors (Lipinski definition) is 3. The number of carbonyl (C=O) groups is 2. The van der Waals surface area contributed by atoms with E-state index in [1.54, 1.807) is 0 Å². The molecule has 4 unspecified atom stereocenters. The van der Waals surface area contributed by atoms with Crippen molar-refractivity contribution in [2.75, 3.05) is 5.32 Å². The van der Waals surface area contributed by atoms with E-state index in [1.807, 2.05) is 20.8 Å². The Kier molecular flexibility index (Phi) is 8.42. The van der Waals surface area contributed by atoms with E-state index >= 15 is 8.78 Å². The van der Waals surface area contributed by atoms with Gasteiger partial charge in [0.1, 0.15) is 22.9 Å². The molecule has 0 saturated carbocycles. The van der Waals surface area contributed by atoms with Gasteiger partial charge in [0.25, 0.3) is 5.91 Å². The maximum atomic E-state index is 15.7. The summed E-state index contributed by atoms with van der Waals surface area (Å²) in [7, 11) is 0. The van der Waals surface area contributed by atoms with Crippen molar-refractivity contribution in [3.05, 3.63) is 98.8 Å². The molecule has 1 aliphatic rings. The van der Waals surface area contributed by atoms with Gasteiger partial charge < -0.3 is 16.4 Å². The maximum absolute atomic E-state index is 15.7. The van der Waals surface area contributed by atoms with Crippen molar-refractivity contribution in [3.63, 3.8) is 0 Å². The molecule has 4 rings (SSSR count). The van der Waals surface area contributed by atoms with E-state index < -0.39 is 58.1 Å². The summed E-state index contributed by atoms with van der Waals surface area (Å²) >= 11 is 12.2. The molecule has 4 atom stereocenters. The van der Waals surface area contributed by atoms with Crippen LogP contribution in [0.25, 0.3) is 0 Å². The van der Waals surface area contributed by atoms with Crippen LogP contribution in [0.2, 0.25) is 10.0 Å². The summed E-state index contributed by atoms with van der Waals surface area (Å²) in [5, 5.41) is 16.5. The van der Waals surface area contributed by atoms with Crippen molar-refractivity contribution >= 4 is 40.7 Å². The molecule has 4 N–H and O–H groups in total. The lowest BCUT2D eigenvalue weighted by Gasteiger charge is -2.37.